The normalized spacial score (nSPS) is 49.0. The van der Waals surface area contributed by atoms with E-state index in [2.05, 4.69) is 0 Å². The summed E-state index contributed by atoms with van der Waals surface area (Å²) >= 11 is 0. The number of methoxy groups -OCH3 is 2. The van der Waals surface area contributed by atoms with Gasteiger partial charge in [-0.2, -0.15) is 0 Å². The number of cyclic esters (lactones) is 1. The van der Waals surface area contributed by atoms with Crippen LogP contribution < -0.4 is 0 Å². The van der Waals surface area contributed by atoms with Crippen LogP contribution in [0.5, 0.6) is 0 Å². The second kappa shape index (κ2) is 17.6. The van der Waals surface area contributed by atoms with Gasteiger partial charge in [0.15, 0.2) is 18.7 Å². The fourth-order valence-corrected chi connectivity index (χ4v) is 8.31. The fraction of sp³-hybridized carbons (Fsp3) is 0.946. The molecule has 3 rings (SSSR count). The number of ether oxygens (including phenoxy) is 7. The van der Waals surface area contributed by atoms with Crippen LogP contribution in [0.3, 0.4) is 0 Å². The predicted octanol–water partition coefficient (Wildman–Crippen LogP) is 1.02. The third-order valence-corrected chi connectivity index (χ3v) is 12.1. The van der Waals surface area contributed by atoms with Crippen LogP contribution in [0.2, 0.25) is 0 Å². The van der Waals surface area contributed by atoms with Crippen LogP contribution in [0.25, 0.3) is 0 Å². The van der Waals surface area contributed by atoms with Crippen LogP contribution in [0.15, 0.2) is 0 Å². The highest BCUT2D eigenvalue weighted by Gasteiger charge is 2.54. The van der Waals surface area contributed by atoms with Gasteiger partial charge in [0.05, 0.1) is 54.2 Å². The molecule has 5 N–H and O–H groups in total. The number of likely N-dealkylation sites (N-methyl/N-ethyl adjacent to an activating group) is 1. The van der Waals surface area contributed by atoms with Gasteiger partial charge in [-0.05, 0) is 68.5 Å². The molecule has 3 aliphatic heterocycles. The van der Waals surface area contributed by atoms with E-state index in [0.717, 1.165) is 0 Å². The van der Waals surface area contributed by atoms with E-state index in [9.17, 15) is 35.1 Å². The van der Waals surface area contributed by atoms with Crippen LogP contribution in [-0.2, 0) is 42.7 Å². The molecule has 0 aromatic rings. The summed E-state index contributed by atoms with van der Waals surface area (Å²) in [5, 5.41) is 55.5. The van der Waals surface area contributed by atoms with E-state index in [1.54, 1.807) is 41.5 Å². The topological polar surface area (TPSA) is 203 Å². The third kappa shape index (κ3) is 9.36. The predicted molar refractivity (Wildman–Crippen MR) is 188 cm³/mol. The Morgan fingerprint density at radius 1 is 0.846 bits per heavy atom. The lowest BCUT2D eigenvalue weighted by Gasteiger charge is -2.49. The lowest BCUT2D eigenvalue weighted by Crippen LogP contribution is -2.61. The maximum Gasteiger partial charge on any atom is 0.311 e. The Labute approximate surface area is 309 Å². The van der Waals surface area contributed by atoms with E-state index < -0.39 is 114 Å². The Morgan fingerprint density at radius 2 is 1.44 bits per heavy atom. The molecule has 0 amide bonds. The van der Waals surface area contributed by atoms with Gasteiger partial charge in [0.25, 0.3) is 0 Å². The summed E-state index contributed by atoms with van der Waals surface area (Å²) in [4.78, 5) is 29.9. The minimum absolute atomic E-state index is 0.0614. The number of Topliss-reactive ketones (excluding diaryl/α,β-unsaturated/α-hetero) is 1. The lowest BCUT2D eigenvalue weighted by atomic mass is 9.74. The molecular weight excluding hydrogens is 682 g/mol. The first kappa shape index (κ1) is 45.1. The van der Waals surface area contributed by atoms with Crippen molar-refractivity contribution in [1.82, 2.24) is 4.90 Å². The fourth-order valence-electron chi connectivity index (χ4n) is 8.31. The molecule has 0 aliphatic carbocycles. The third-order valence-electron chi connectivity index (χ3n) is 12.1. The van der Waals surface area contributed by atoms with E-state index in [4.69, 9.17) is 33.2 Å². The average Bonchev–Trinajstić information content (AvgIpc) is 3.09. The maximum absolute atomic E-state index is 14.1. The van der Waals surface area contributed by atoms with E-state index in [1.807, 2.05) is 25.9 Å². The molecule has 0 bridgehead atoms. The minimum atomic E-state index is -2.21. The number of hydrogen-bond acceptors (Lipinski definition) is 15. The molecule has 0 unspecified atom stereocenters. The first-order valence-electron chi connectivity index (χ1n) is 18.5. The second-order valence-corrected chi connectivity index (χ2v) is 16.4. The molecule has 52 heavy (non-hydrogen) atoms. The zero-order chi connectivity index (χ0) is 39.7. The first-order valence-corrected chi connectivity index (χ1v) is 18.5. The van der Waals surface area contributed by atoms with Crippen LogP contribution in [0.4, 0.5) is 0 Å². The molecule has 0 saturated carbocycles. The zero-order valence-electron chi connectivity index (χ0n) is 33.3. The Morgan fingerprint density at radius 3 is 1.98 bits per heavy atom. The maximum atomic E-state index is 14.1. The molecule has 3 saturated heterocycles. The van der Waals surface area contributed by atoms with Crippen molar-refractivity contribution < 1.29 is 68.3 Å². The van der Waals surface area contributed by atoms with Gasteiger partial charge >= 0.3 is 5.97 Å². The molecule has 3 fully saturated rings. The van der Waals surface area contributed by atoms with Gasteiger partial charge in [-0.1, -0.05) is 20.8 Å². The van der Waals surface area contributed by atoms with Gasteiger partial charge < -0.3 is 63.6 Å². The van der Waals surface area contributed by atoms with Gasteiger partial charge in [-0.3, -0.25) is 9.59 Å². The molecule has 15 nitrogen and oxygen atoms in total. The van der Waals surface area contributed by atoms with Gasteiger partial charge in [-0.15, -0.1) is 0 Å². The van der Waals surface area contributed by atoms with Gasteiger partial charge in [0.2, 0.25) is 0 Å². The van der Waals surface area contributed by atoms with Crippen molar-refractivity contribution in [2.24, 2.45) is 23.7 Å². The standard InChI is InChI=1S/C37H67NO14/c1-18-15-36(8,47-13)32(52-34-28(41)24(38(10)11)14-19(2)48-34)21(4)29(51-26-16-35(7,46-12)31(43)23(6)49-26)22(5)33(44)50-25(17-39)37(9,45)30(42)20(3)27(18)40/h18-26,28-32,34,39,41-43,45H,14-17H2,1-13H3/t18-,19-,20+,21+,22-,23+,24+,25-,26+,28-,29-,30-,31+,32-,34+,35-,36+,37-/m1/s1. The molecule has 0 radical (unpaired) electrons. The Hall–Kier alpha value is -1.34. The van der Waals surface area contributed by atoms with E-state index in [-0.39, 0.29) is 25.0 Å². The van der Waals surface area contributed by atoms with Gasteiger partial charge in [-0.25, -0.2) is 0 Å². The molecule has 3 aliphatic rings. The largest absolute Gasteiger partial charge is 0.456 e. The van der Waals surface area contributed by atoms with Crippen LogP contribution in [0, 0.1) is 23.7 Å². The summed E-state index contributed by atoms with van der Waals surface area (Å²) in [5.41, 5.74) is -4.57. The van der Waals surface area contributed by atoms with Crippen molar-refractivity contribution in [2.75, 3.05) is 34.9 Å². The van der Waals surface area contributed by atoms with Crippen molar-refractivity contribution >= 4 is 11.8 Å². The highest BCUT2D eigenvalue weighted by molar-refractivity contribution is 5.83. The summed E-state index contributed by atoms with van der Waals surface area (Å²) < 4.78 is 43.4. The zero-order valence-corrected chi connectivity index (χ0v) is 33.3. The number of carbonyl (C=O) groups is 2. The molecule has 0 aromatic heterocycles. The van der Waals surface area contributed by atoms with Crippen molar-refractivity contribution in [2.45, 2.75) is 166 Å². The summed E-state index contributed by atoms with van der Waals surface area (Å²) in [6.07, 6.45) is -9.93. The van der Waals surface area contributed by atoms with E-state index >= 15 is 0 Å². The number of aliphatic hydroxyl groups excluding tert-OH is 4. The lowest BCUT2D eigenvalue weighted by molar-refractivity contribution is -0.319. The molecule has 0 spiro atoms. The number of carbonyl (C=O) groups excluding carboxylic acids is 2. The highest BCUT2D eigenvalue weighted by Crippen LogP contribution is 2.41. The second-order valence-electron chi connectivity index (χ2n) is 16.4. The van der Waals surface area contributed by atoms with E-state index in [1.165, 1.54) is 28.1 Å². The molecule has 0 aromatic carbocycles. The van der Waals surface area contributed by atoms with Gasteiger partial charge in [0, 0.05) is 44.4 Å². The Balaban J connectivity index is 2.22. The smallest absolute Gasteiger partial charge is 0.311 e. The first-order chi connectivity index (χ1) is 24.0. The molecule has 15 heteroatoms. The summed E-state index contributed by atoms with van der Waals surface area (Å²) in [6, 6.07) is -0.307. The molecule has 304 valence electrons. The number of hydrogen-bond donors (Lipinski definition) is 5. The quantitative estimate of drug-likeness (QED) is 0.220. The monoisotopic (exact) mass is 749 g/mol. The molecule has 18 atom stereocenters. The SMILES string of the molecule is CO[C@]1(C)C[C@H](O[C@@H]2[C@H](C)[C@@H](O[C@@H]3O[C@H](C)C[C@H](N(C)C)[C@H]3O)[C@@](C)(OC)C[C@@H](C)C(=O)[C@H](C)[C@@H](O)[C@](C)(O)[C@@H](CO)OC(=O)[C@@H]2C)O[C@@H](C)[C@@H]1O. The van der Waals surface area contributed by atoms with Crippen molar-refractivity contribution in [3.63, 3.8) is 0 Å². The Bertz CT molecular complexity index is 1190. The molecule has 3 heterocycles. The van der Waals surface area contributed by atoms with Crippen LogP contribution in [-0.4, -0.2) is 161 Å². The van der Waals surface area contributed by atoms with Gasteiger partial charge in [0.1, 0.15) is 23.6 Å². The molecular formula is C37H67NO14. The number of ketones is 1. The Kier molecular flexibility index (Phi) is 15.3. The number of nitrogens with zero attached hydrogens (tertiary/aromatic N) is 1. The van der Waals surface area contributed by atoms with Crippen molar-refractivity contribution in [3.8, 4) is 0 Å². The number of rotatable bonds is 8. The summed E-state index contributed by atoms with van der Waals surface area (Å²) in [7, 11) is 6.68. The number of esters is 1. The van der Waals surface area contributed by atoms with Crippen LogP contribution >= 0.6 is 0 Å². The average molecular weight is 750 g/mol. The van der Waals surface area contributed by atoms with E-state index in [0.29, 0.717) is 6.42 Å². The van der Waals surface area contributed by atoms with Crippen molar-refractivity contribution in [1.29, 1.82) is 0 Å². The van der Waals surface area contributed by atoms with Crippen molar-refractivity contribution in [3.05, 3.63) is 0 Å². The summed E-state index contributed by atoms with van der Waals surface area (Å²) in [5.74, 6) is -5.06. The number of aliphatic hydroxyl groups is 5. The summed E-state index contributed by atoms with van der Waals surface area (Å²) in [6.45, 7) is 14.0. The van der Waals surface area contributed by atoms with Crippen LogP contribution in [0.1, 0.15) is 81.6 Å². The highest BCUT2D eigenvalue weighted by atomic mass is 16.7. The minimum Gasteiger partial charge on any atom is -0.456 e.